The predicted octanol–water partition coefficient (Wildman–Crippen LogP) is 5.03. The number of likely N-dealkylation sites (tertiary alicyclic amines) is 1. The molecule has 2 heterocycles. The first kappa shape index (κ1) is 20.0. The molecule has 0 aliphatic carbocycles. The topological polar surface area (TPSA) is 39.5 Å². The number of hydroxylamine groups is 2. The molecule has 3 aromatic rings. The standard InChI is InChI=1S/C27H27N3O/c1-29-26-15-27(30(18-25(26)19-31-29)17-21-6-3-2-4-7-21)24-9-5-8-23(14-24)22-12-10-20(16-28)11-13-22/h2-14,25-27H,15,17-19H2,1H3/t25-,26-,27-/m0/s1. The van der Waals surface area contributed by atoms with E-state index in [2.05, 4.69) is 77.7 Å². The SMILES string of the molecule is CN1OC[C@@H]2CN(Cc3ccccc3)[C@H](c3cccc(-c4ccc(C#N)cc4)c3)C[C@@H]21. The lowest BCUT2D eigenvalue weighted by molar-refractivity contribution is -0.114. The van der Waals surface area contributed by atoms with Crippen LogP contribution in [0.25, 0.3) is 11.1 Å². The Morgan fingerprint density at radius 2 is 1.77 bits per heavy atom. The Bertz CT molecular complexity index is 1070. The van der Waals surface area contributed by atoms with E-state index in [1.165, 1.54) is 16.7 Å². The van der Waals surface area contributed by atoms with Crippen molar-refractivity contribution in [3.8, 4) is 17.2 Å². The minimum Gasteiger partial charge on any atom is -0.299 e. The Kier molecular flexibility index (Phi) is 5.57. The number of piperidine rings is 1. The lowest BCUT2D eigenvalue weighted by Gasteiger charge is -2.42. The molecule has 5 rings (SSSR count). The number of nitrogens with zero attached hydrogens (tertiary/aromatic N) is 3. The summed E-state index contributed by atoms with van der Waals surface area (Å²) < 4.78 is 0. The third kappa shape index (κ3) is 4.13. The van der Waals surface area contributed by atoms with Crippen LogP contribution < -0.4 is 0 Å². The van der Waals surface area contributed by atoms with Gasteiger partial charge in [-0.15, -0.1) is 0 Å². The summed E-state index contributed by atoms with van der Waals surface area (Å²) in [6.07, 6.45) is 1.06. The first-order chi connectivity index (χ1) is 15.2. The smallest absolute Gasteiger partial charge is 0.0991 e. The quantitative estimate of drug-likeness (QED) is 0.606. The number of rotatable bonds is 4. The van der Waals surface area contributed by atoms with Gasteiger partial charge in [-0.1, -0.05) is 60.7 Å². The van der Waals surface area contributed by atoms with E-state index in [1.54, 1.807) is 0 Å². The summed E-state index contributed by atoms with van der Waals surface area (Å²) in [5, 5.41) is 11.2. The molecule has 4 nitrogen and oxygen atoms in total. The first-order valence-electron chi connectivity index (χ1n) is 11.0. The van der Waals surface area contributed by atoms with Crippen molar-refractivity contribution in [2.45, 2.75) is 25.0 Å². The van der Waals surface area contributed by atoms with E-state index >= 15 is 0 Å². The van der Waals surface area contributed by atoms with Crippen LogP contribution in [0, 0.1) is 17.2 Å². The molecule has 2 aliphatic heterocycles. The second kappa shape index (κ2) is 8.64. The molecule has 3 atom stereocenters. The Hall–Kier alpha value is -2.97. The second-order valence-corrected chi connectivity index (χ2v) is 8.65. The Labute approximate surface area is 184 Å². The molecule has 0 bridgehead atoms. The van der Waals surface area contributed by atoms with Gasteiger partial charge >= 0.3 is 0 Å². The molecular weight excluding hydrogens is 382 g/mol. The van der Waals surface area contributed by atoms with Crippen molar-refractivity contribution in [2.75, 3.05) is 20.2 Å². The van der Waals surface area contributed by atoms with Crippen molar-refractivity contribution in [3.05, 3.63) is 95.6 Å². The van der Waals surface area contributed by atoms with Crippen molar-refractivity contribution in [1.82, 2.24) is 9.96 Å². The maximum absolute atomic E-state index is 9.09. The molecule has 4 heteroatoms. The van der Waals surface area contributed by atoms with E-state index in [-0.39, 0.29) is 0 Å². The van der Waals surface area contributed by atoms with E-state index < -0.39 is 0 Å². The number of nitriles is 1. The van der Waals surface area contributed by atoms with Crippen LogP contribution in [-0.2, 0) is 11.4 Å². The van der Waals surface area contributed by atoms with Crippen LogP contribution in [0.4, 0.5) is 0 Å². The van der Waals surface area contributed by atoms with Crippen LogP contribution >= 0.6 is 0 Å². The van der Waals surface area contributed by atoms with Gasteiger partial charge in [0.15, 0.2) is 0 Å². The van der Waals surface area contributed by atoms with Gasteiger partial charge < -0.3 is 0 Å². The van der Waals surface area contributed by atoms with Gasteiger partial charge in [-0.3, -0.25) is 9.74 Å². The average molecular weight is 410 g/mol. The summed E-state index contributed by atoms with van der Waals surface area (Å²) >= 11 is 0. The Morgan fingerprint density at radius 3 is 2.55 bits per heavy atom. The van der Waals surface area contributed by atoms with Crippen LogP contribution in [0.15, 0.2) is 78.9 Å². The third-order valence-electron chi connectivity index (χ3n) is 6.73. The molecule has 31 heavy (non-hydrogen) atoms. The molecule has 0 aromatic heterocycles. The molecule has 0 radical (unpaired) electrons. The van der Waals surface area contributed by atoms with Gasteiger partial charge in [-0.2, -0.15) is 10.3 Å². The molecule has 0 unspecified atom stereocenters. The average Bonchev–Trinajstić information content (AvgIpc) is 3.19. The maximum atomic E-state index is 9.09. The number of hydrogen-bond acceptors (Lipinski definition) is 4. The van der Waals surface area contributed by atoms with Crippen LogP contribution in [-0.4, -0.2) is 36.2 Å². The third-order valence-corrected chi connectivity index (χ3v) is 6.73. The fourth-order valence-corrected chi connectivity index (χ4v) is 5.04. The lowest BCUT2D eigenvalue weighted by Crippen LogP contribution is -2.46. The van der Waals surface area contributed by atoms with Gasteiger partial charge in [0.2, 0.25) is 0 Å². The van der Waals surface area contributed by atoms with Crippen molar-refractivity contribution < 1.29 is 4.84 Å². The minimum absolute atomic E-state index is 0.337. The summed E-state index contributed by atoms with van der Waals surface area (Å²) in [6, 6.07) is 30.5. The van der Waals surface area contributed by atoms with E-state index in [9.17, 15) is 0 Å². The van der Waals surface area contributed by atoms with Gasteiger partial charge in [0.1, 0.15) is 0 Å². The monoisotopic (exact) mass is 409 g/mol. The van der Waals surface area contributed by atoms with Crippen molar-refractivity contribution in [3.63, 3.8) is 0 Å². The molecule has 2 aliphatic rings. The summed E-state index contributed by atoms with van der Waals surface area (Å²) in [5.41, 5.74) is 5.72. The zero-order chi connectivity index (χ0) is 21.2. The van der Waals surface area contributed by atoms with E-state index in [0.717, 1.165) is 31.7 Å². The van der Waals surface area contributed by atoms with Crippen molar-refractivity contribution in [2.24, 2.45) is 5.92 Å². The fourth-order valence-electron chi connectivity index (χ4n) is 5.04. The summed E-state index contributed by atoms with van der Waals surface area (Å²) in [5.74, 6) is 0.548. The van der Waals surface area contributed by atoms with Gasteiger partial charge in [-0.05, 0) is 46.9 Å². The van der Waals surface area contributed by atoms with Crippen LogP contribution in [0.5, 0.6) is 0 Å². The number of benzene rings is 3. The molecule has 0 spiro atoms. The van der Waals surface area contributed by atoms with E-state index in [4.69, 9.17) is 10.1 Å². The number of hydrogen-bond donors (Lipinski definition) is 0. The second-order valence-electron chi connectivity index (χ2n) is 8.65. The Balaban J connectivity index is 1.46. The van der Waals surface area contributed by atoms with Gasteiger partial charge in [0.05, 0.1) is 18.2 Å². The predicted molar refractivity (Wildman–Crippen MR) is 122 cm³/mol. The maximum Gasteiger partial charge on any atom is 0.0991 e. The highest BCUT2D eigenvalue weighted by molar-refractivity contribution is 5.65. The molecule has 0 amide bonds. The highest BCUT2D eigenvalue weighted by Crippen LogP contribution is 2.40. The van der Waals surface area contributed by atoms with E-state index in [0.29, 0.717) is 23.6 Å². The van der Waals surface area contributed by atoms with Gasteiger partial charge in [0.25, 0.3) is 0 Å². The molecule has 3 aromatic carbocycles. The zero-order valence-electron chi connectivity index (χ0n) is 17.8. The normalized spacial score (nSPS) is 23.9. The molecule has 2 fully saturated rings. The first-order valence-corrected chi connectivity index (χ1v) is 11.0. The summed E-state index contributed by atoms with van der Waals surface area (Å²) in [7, 11) is 2.07. The summed E-state index contributed by atoms with van der Waals surface area (Å²) in [4.78, 5) is 8.50. The fraction of sp³-hybridized carbons (Fsp3) is 0.296. The highest BCUT2D eigenvalue weighted by Gasteiger charge is 2.42. The molecule has 0 N–H and O–H groups in total. The van der Waals surface area contributed by atoms with Crippen LogP contribution in [0.1, 0.15) is 29.2 Å². The number of fused-ring (bicyclic) bond motifs is 1. The van der Waals surface area contributed by atoms with E-state index in [1.807, 2.05) is 24.3 Å². The van der Waals surface area contributed by atoms with Crippen LogP contribution in [0.3, 0.4) is 0 Å². The van der Waals surface area contributed by atoms with Gasteiger partial charge in [-0.25, -0.2) is 0 Å². The van der Waals surface area contributed by atoms with Crippen molar-refractivity contribution >= 4 is 0 Å². The zero-order valence-corrected chi connectivity index (χ0v) is 17.8. The van der Waals surface area contributed by atoms with Gasteiger partial charge in [0, 0.05) is 38.1 Å². The minimum atomic E-state index is 0.337. The lowest BCUT2D eigenvalue weighted by atomic mass is 9.84. The molecule has 2 saturated heterocycles. The highest BCUT2D eigenvalue weighted by atomic mass is 16.7. The van der Waals surface area contributed by atoms with Crippen LogP contribution in [0.2, 0.25) is 0 Å². The largest absolute Gasteiger partial charge is 0.299 e. The Morgan fingerprint density at radius 1 is 0.968 bits per heavy atom. The molecular formula is C27H27N3O. The molecule has 156 valence electrons. The summed E-state index contributed by atoms with van der Waals surface area (Å²) in [6.45, 7) is 2.79. The molecule has 0 saturated carbocycles. The van der Waals surface area contributed by atoms with Crippen molar-refractivity contribution in [1.29, 1.82) is 5.26 Å².